The topological polar surface area (TPSA) is 22.0 Å². The zero-order valence-electron chi connectivity index (χ0n) is 12.5. The van der Waals surface area contributed by atoms with Crippen LogP contribution in [0.1, 0.15) is 68.1 Å². The highest BCUT2D eigenvalue weighted by Crippen LogP contribution is 2.19. The molecular weight excluding hydrogens is 234 g/mol. The molecule has 0 radical (unpaired) electrons. The first-order valence-corrected chi connectivity index (χ1v) is 7.88. The Hall–Kier alpha value is -1.05. The molecule has 1 heterocycles. The minimum absolute atomic E-state index is 0.234. The van der Waals surface area contributed by atoms with Crippen molar-refractivity contribution in [2.75, 3.05) is 0 Å². The maximum absolute atomic E-state index is 12.3. The van der Waals surface area contributed by atoms with Gasteiger partial charge in [-0.3, -0.25) is 4.79 Å². The van der Waals surface area contributed by atoms with Gasteiger partial charge in [-0.2, -0.15) is 0 Å². The van der Waals surface area contributed by atoms with Crippen LogP contribution in [-0.2, 0) is 19.9 Å². The molecule has 1 aliphatic carbocycles. The van der Waals surface area contributed by atoms with E-state index < -0.39 is 0 Å². The van der Waals surface area contributed by atoms with Crippen molar-refractivity contribution in [2.24, 2.45) is 7.05 Å². The molecule has 0 bridgehead atoms. The van der Waals surface area contributed by atoms with Crippen molar-refractivity contribution < 1.29 is 0 Å². The van der Waals surface area contributed by atoms with Gasteiger partial charge in [-0.05, 0) is 43.7 Å². The number of nitrogens with zero attached hydrogens (tertiary/aromatic N) is 1. The van der Waals surface area contributed by atoms with Crippen LogP contribution in [0.25, 0.3) is 0 Å². The normalized spacial score (nSPS) is 18.2. The van der Waals surface area contributed by atoms with Gasteiger partial charge >= 0.3 is 0 Å². The number of hydrogen-bond donors (Lipinski definition) is 0. The van der Waals surface area contributed by atoms with E-state index >= 15 is 0 Å². The van der Waals surface area contributed by atoms with E-state index in [0.717, 1.165) is 18.4 Å². The summed E-state index contributed by atoms with van der Waals surface area (Å²) in [4.78, 5) is 12.3. The fourth-order valence-corrected chi connectivity index (χ4v) is 3.28. The third-order valence-electron chi connectivity index (χ3n) is 4.41. The predicted molar refractivity (Wildman–Crippen MR) is 80.8 cm³/mol. The number of rotatable bonds is 0. The van der Waals surface area contributed by atoms with Crippen LogP contribution in [0.15, 0.2) is 11.0 Å². The number of aryl methyl sites for hydroxylation is 2. The Morgan fingerprint density at radius 1 is 0.842 bits per heavy atom. The second kappa shape index (κ2) is 6.93. The third kappa shape index (κ3) is 3.71. The first kappa shape index (κ1) is 14.4. The lowest BCUT2D eigenvalue weighted by Gasteiger charge is -2.15. The lowest BCUT2D eigenvalue weighted by Crippen LogP contribution is -2.24. The Morgan fingerprint density at radius 3 is 1.89 bits per heavy atom. The van der Waals surface area contributed by atoms with Crippen LogP contribution in [-0.4, -0.2) is 4.57 Å². The van der Waals surface area contributed by atoms with E-state index in [1.54, 1.807) is 4.57 Å². The first-order chi connectivity index (χ1) is 9.20. The Bertz CT molecular complexity index is 473. The summed E-state index contributed by atoms with van der Waals surface area (Å²) in [7, 11) is 1.88. The third-order valence-corrected chi connectivity index (χ3v) is 4.41. The molecule has 1 aromatic rings. The highest BCUT2D eigenvalue weighted by atomic mass is 16.1. The molecule has 2 heteroatoms. The Balaban J connectivity index is 2.27. The van der Waals surface area contributed by atoms with Gasteiger partial charge in [-0.25, -0.2) is 0 Å². The van der Waals surface area contributed by atoms with Crippen LogP contribution in [0.2, 0.25) is 0 Å². The van der Waals surface area contributed by atoms with Crippen LogP contribution < -0.4 is 5.56 Å². The van der Waals surface area contributed by atoms with Gasteiger partial charge in [0.25, 0.3) is 5.56 Å². The SMILES string of the molecule is Cc1cn(C)c(=O)c2c1CCCCCCCCCC2. The lowest BCUT2D eigenvalue weighted by molar-refractivity contribution is 0.556. The molecule has 1 aromatic heterocycles. The number of hydrogen-bond acceptors (Lipinski definition) is 1. The van der Waals surface area contributed by atoms with Gasteiger partial charge in [-0.15, -0.1) is 0 Å². The molecule has 2 rings (SSSR count). The summed E-state index contributed by atoms with van der Waals surface area (Å²) in [5.41, 5.74) is 3.98. The molecule has 19 heavy (non-hydrogen) atoms. The van der Waals surface area contributed by atoms with Crippen molar-refractivity contribution in [3.05, 3.63) is 33.2 Å². The Labute approximate surface area is 116 Å². The van der Waals surface area contributed by atoms with Gasteiger partial charge < -0.3 is 4.57 Å². The van der Waals surface area contributed by atoms with Crippen LogP contribution in [0.3, 0.4) is 0 Å². The van der Waals surface area contributed by atoms with Crippen molar-refractivity contribution in [2.45, 2.75) is 71.1 Å². The summed E-state index contributed by atoms with van der Waals surface area (Å²) < 4.78 is 1.76. The molecule has 0 atom stereocenters. The Kier molecular flexibility index (Phi) is 5.24. The quantitative estimate of drug-likeness (QED) is 0.694. The van der Waals surface area contributed by atoms with E-state index in [2.05, 4.69) is 6.92 Å². The Morgan fingerprint density at radius 2 is 1.32 bits per heavy atom. The van der Waals surface area contributed by atoms with E-state index in [9.17, 15) is 4.79 Å². The minimum Gasteiger partial charge on any atom is -0.318 e. The molecule has 0 saturated carbocycles. The lowest BCUT2D eigenvalue weighted by atomic mass is 9.93. The van der Waals surface area contributed by atoms with Crippen LogP contribution in [0.5, 0.6) is 0 Å². The molecule has 0 saturated heterocycles. The fraction of sp³-hybridized carbons (Fsp3) is 0.706. The van der Waals surface area contributed by atoms with Gasteiger partial charge in [0, 0.05) is 18.8 Å². The standard InChI is InChI=1S/C17H27NO/c1-14-13-18(2)17(19)16-12-10-8-6-4-3-5-7-9-11-15(14)16/h13H,3-12H2,1-2H3. The molecule has 0 fully saturated rings. The van der Waals surface area contributed by atoms with Crippen molar-refractivity contribution in [1.29, 1.82) is 0 Å². The maximum Gasteiger partial charge on any atom is 0.253 e. The molecule has 1 aliphatic rings. The summed E-state index contributed by atoms with van der Waals surface area (Å²) >= 11 is 0. The van der Waals surface area contributed by atoms with Crippen molar-refractivity contribution >= 4 is 0 Å². The van der Waals surface area contributed by atoms with Gasteiger partial charge in [0.1, 0.15) is 0 Å². The van der Waals surface area contributed by atoms with Crippen molar-refractivity contribution in [3.63, 3.8) is 0 Å². The molecule has 0 N–H and O–H groups in total. The molecule has 0 aliphatic heterocycles. The predicted octanol–water partition coefficient (Wildman–Crippen LogP) is 3.91. The second-order valence-corrected chi connectivity index (χ2v) is 6.01. The minimum atomic E-state index is 0.234. The number of pyridine rings is 1. The smallest absolute Gasteiger partial charge is 0.253 e. The van der Waals surface area contributed by atoms with Crippen molar-refractivity contribution in [1.82, 2.24) is 4.57 Å². The molecule has 0 unspecified atom stereocenters. The zero-order valence-corrected chi connectivity index (χ0v) is 12.5. The second-order valence-electron chi connectivity index (χ2n) is 6.01. The first-order valence-electron chi connectivity index (χ1n) is 7.88. The van der Waals surface area contributed by atoms with E-state index in [-0.39, 0.29) is 5.56 Å². The zero-order chi connectivity index (χ0) is 13.7. The fourth-order valence-electron chi connectivity index (χ4n) is 3.28. The van der Waals surface area contributed by atoms with Crippen LogP contribution >= 0.6 is 0 Å². The molecule has 2 nitrogen and oxygen atoms in total. The largest absolute Gasteiger partial charge is 0.318 e. The molecule has 106 valence electrons. The molecular formula is C17H27NO. The summed E-state index contributed by atoms with van der Waals surface area (Å²) in [5.74, 6) is 0. The van der Waals surface area contributed by atoms with Crippen molar-refractivity contribution in [3.8, 4) is 0 Å². The summed E-state index contributed by atoms with van der Waals surface area (Å²) in [5, 5.41) is 0. The molecule has 0 aromatic carbocycles. The highest BCUT2D eigenvalue weighted by molar-refractivity contribution is 5.32. The molecule has 0 amide bonds. The van der Waals surface area contributed by atoms with E-state index in [0.29, 0.717) is 0 Å². The van der Waals surface area contributed by atoms with Gasteiger partial charge in [0.2, 0.25) is 0 Å². The van der Waals surface area contributed by atoms with Crippen LogP contribution in [0.4, 0.5) is 0 Å². The summed E-state index contributed by atoms with van der Waals surface area (Å²) in [6.45, 7) is 2.16. The maximum atomic E-state index is 12.3. The summed E-state index contributed by atoms with van der Waals surface area (Å²) in [6, 6.07) is 0. The monoisotopic (exact) mass is 261 g/mol. The van der Waals surface area contributed by atoms with Gasteiger partial charge in [-0.1, -0.05) is 38.5 Å². The van der Waals surface area contributed by atoms with E-state index in [1.165, 1.54) is 62.5 Å². The van der Waals surface area contributed by atoms with Crippen LogP contribution in [0, 0.1) is 6.92 Å². The highest BCUT2D eigenvalue weighted by Gasteiger charge is 2.12. The summed E-state index contributed by atoms with van der Waals surface area (Å²) in [6.07, 6.45) is 14.5. The van der Waals surface area contributed by atoms with E-state index in [1.807, 2.05) is 13.2 Å². The average molecular weight is 261 g/mol. The molecule has 0 spiro atoms. The number of aromatic nitrogens is 1. The van der Waals surface area contributed by atoms with Gasteiger partial charge in [0.15, 0.2) is 0 Å². The van der Waals surface area contributed by atoms with E-state index in [4.69, 9.17) is 0 Å². The average Bonchev–Trinajstić information content (AvgIpc) is 2.37. The van der Waals surface area contributed by atoms with Gasteiger partial charge in [0.05, 0.1) is 0 Å². The number of fused-ring (bicyclic) bond motifs is 1.